The molecule has 0 fully saturated rings. The Bertz CT molecular complexity index is 5250. The number of likely N-dealkylation sites (N-methyl/N-ethyl adjacent to an activating group) is 2. The summed E-state index contributed by atoms with van der Waals surface area (Å²) in [6.45, 7) is 22.1. The fourth-order valence-corrected chi connectivity index (χ4v) is 16.2. The molecule has 0 bridgehead atoms. The van der Waals surface area contributed by atoms with Gasteiger partial charge in [0.2, 0.25) is 20.0 Å². The molecule has 2 heterocycles. The number of nitrogens with one attached hydrogen (secondary N) is 4. The first kappa shape index (κ1) is 81.3. The van der Waals surface area contributed by atoms with Gasteiger partial charge in [-0.05, 0) is 194 Å². The fourth-order valence-electron chi connectivity index (χ4n) is 11.9. The van der Waals surface area contributed by atoms with Crippen molar-refractivity contribution in [2.24, 2.45) is 20.0 Å². The van der Waals surface area contributed by atoms with Crippen LogP contribution in [0.5, 0.6) is 11.5 Å². The first-order valence-corrected chi connectivity index (χ1v) is 41.8. The van der Waals surface area contributed by atoms with Gasteiger partial charge in [0.05, 0.1) is 48.5 Å². The highest BCUT2D eigenvalue weighted by atomic mass is 35.5. The first-order chi connectivity index (χ1) is 50.7. The molecule has 566 valence electrons. The van der Waals surface area contributed by atoms with Crippen molar-refractivity contribution >= 4 is 132 Å². The number of para-hydroxylation sites is 3. The summed E-state index contributed by atoms with van der Waals surface area (Å²) in [5.41, 5.74) is 10.6. The monoisotopic (exact) mass is 1550 g/mol. The standard InChI is InChI=1S/C39H45ClN6O6S2.C39H46N6O6S2/c1-7-45(21-19-41-53(6,48)49)31-16-17-32(28(4)24-31)42-37(39(47)44-34-25-30(40)15-14-27(34)3)38-43-33-11-8-9-12-36(33)54(50,51)46(38)20-10-22-52-35-18-13-26(2)23-29(35)5;1-7-44(23-21-40-52(6,47)48)31-18-19-33(29(4)26-31)41-37(39(46)43-32-14-9-8-13-28(32)3)38-42-34-15-10-11-16-36(34)53(49,50)45(38)22-12-24-51-35-20-17-27(2)25-30(35)5/h8-9,11-18,23-25,41H,7,10,19-22H2,1-6H3,(H,44,47);8-11,13-20,25-26,40H,7,12,21-24H2,1-6H3,(H,43,46). The Balaban J connectivity index is 0.000000247. The maximum Gasteiger partial charge on any atom is 0.278 e. The van der Waals surface area contributed by atoms with E-state index in [1.807, 2.05) is 152 Å². The van der Waals surface area contributed by atoms with E-state index in [-0.39, 0.29) is 90.1 Å². The van der Waals surface area contributed by atoms with Gasteiger partial charge >= 0.3 is 0 Å². The summed E-state index contributed by atoms with van der Waals surface area (Å²) in [7, 11) is -15.0. The Morgan fingerprint density at radius 2 is 0.897 bits per heavy atom. The largest absolute Gasteiger partial charge is 0.493 e. The van der Waals surface area contributed by atoms with Crippen LogP contribution in [0.3, 0.4) is 0 Å². The lowest BCUT2D eigenvalue weighted by Gasteiger charge is -2.30. The predicted molar refractivity (Wildman–Crippen MR) is 430 cm³/mol. The number of rotatable bonds is 30. The van der Waals surface area contributed by atoms with Gasteiger partial charge in [-0.3, -0.25) is 9.59 Å². The van der Waals surface area contributed by atoms with E-state index in [4.69, 9.17) is 41.0 Å². The maximum absolute atomic E-state index is 14.4. The van der Waals surface area contributed by atoms with Crippen LogP contribution in [0, 0.1) is 55.4 Å². The summed E-state index contributed by atoms with van der Waals surface area (Å²) in [5.74, 6) is -0.143. The average Bonchev–Trinajstić information content (AvgIpc) is 0.752. The van der Waals surface area contributed by atoms with E-state index in [0.717, 1.165) is 65.9 Å². The van der Waals surface area contributed by atoms with Crippen molar-refractivity contribution in [1.82, 2.24) is 18.1 Å². The van der Waals surface area contributed by atoms with Crippen LogP contribution in [0.1, 0.15) is 71.2 Å². The zero-order chi connectivity index (χ0) is 77.5. The van der Waals surface area contributed by atoms with Crippen LogP contribution < -0.4 is 39.4 Å². The molecular weight excluding hydrogens is 1460 g/mol. The van der Waals surface area contributed by atoms with E-state index in [1.165, 1.54) is 12.1 Å². The van der Waals surface area contributed by atoms with Crippen molar-refractivity contribution in [2.45, 2.75) is 91.9 Å². The van der Waals surface area contributed by atoms with Crippen LogP contribution in [0.4, 0.5) is 45.5 Å². The molecule has 107 heavy (non-hydrogen) atoms. The number of carbonyl (C=O) groups is 2. The summed E-state index contributed by atoms with van der Waals surface area (Å²) < 4.78 is 123. The summed E-state index contributed by atoms with van der Waals surface area (Å²) in [6, 6.07) is 47.9. The van der Waals surface area contributed by atoms with Crippen LogP contribution in [0.2, 0.25) is 5.02 Å². The number of sulfonamides is 4. The number of nitrogens with zero attached hydrogens (tertiary/aromatic N) is 8. The van der Waals surface area contributed by atoms with Crippen molar-refractivity contribution in [3.63, 3.8) is 0 Å². The van der Waals surface area contributed by atoms with E-state index >= 15 is 0 Å². The molecule has 0 saturated heterocycles. The number of hydrogen-bond donors (Lipinski definition) is 4. The quantitative estimate of drug-likeness (QED) is 0.0240. The normalized spacial score (nSPS) is 14.0. The van der Waals surface area contributed by atoms with E-state index < -0.39 is 51.9 Å². The molecule has 0 spiro atoms. The number of amidine groups is 2. The number of amides is 2. The van der Waals surface area contributed by atoms with Crippen LogP contribution in [-0.2, 0) is 49.7 Å². The molecule has 0 aliphatic carbocycles. The first-order valence-electron chi connectivity index (χ1n) is 34.8. The van der Waals surface area contributed by atoms with Gasteiger partial charge in [-0.2, -0.15) is 0 Å². The highest BCUT2D eigenvalue weighted by molar-refractivity contribution is 7.90. The lowest BCUT2D eigenvalue weighted by atomic mass is 10.1. The molecule has 4 N–H and O–H groups in total. The third-order valence-electron chi connectivity index (χ3n) is 17.5. The Morgan fingerprint density at radius 1 is 0.486 bits per heavy atom. The molecular formula is C78H91ClN12O12S4. The number of benzene rings is 8. The molecule has 0 aromatic heterocycles. The Morgan fingerprint density at radius 3 is 1.31 bits per heavy atom. The van der Waals surface area contributed by atoms with Crippen LogP contribution in [0.25, 0.3) is 0 Å². The Labute approximate surface area is 633 Å². The second kappa shape index (κ2) is 35.7. The third kappa shape index (κ3) is 21.3. The number of hydrogen-bond acceptors (Lipinski definition) is 18. The molecule has 8 aromatic rings. The van der Waals surface area contributed by atoms with E-state index in [1.54, 1.807) is 78.9 Å². The van der Waals surface area contributed by atoms with Gasteiger partial charge in [0.15, 0.2) is 23.1 Å². The second-order valence-corrected chi connectivity index (χ2v) is 33.7. The van der Waals surface area contributed by atoms with Crippen LogP contribution in [0.15, 0.2) is 194 Å². The molecule has 0 atom stereocenters. The number of aryl methyl sites for hydroxylation is 8. The van der Waals surface area contributed by atoms with Gasteiger partial charge in [0, 0.05) is 93.0 Å². The molecule has 0 saturated carbocycles. The molecule has 8 aromatic carbocycles. The Kier molecular flexibility index (Phi) is 27.1. The molecule has 24 nitrogen and oxygen atoms in total. The molecule has 29 heteroatoms. The number of anilines is 4. The number of aliphatic imine (C=N–C) groups is 4. The maximum atomic E-state index is 14.4. The third-order valence-corrected chi connectivity index (χ3v) is 22.9. The topological polar surface area (TPSA) is 300 Å². The molecule has 10 rings (SSSR count). The number of carbonyl (C=O) groups excluding carboxylic acids is 2. The minimum atomic E-state index is -4.19. The number of ether oxygens (including phenoxy) is 2. The summed E-state index contributed by atoms with van der Waals surface area (Å²) >= 11 is 6.29. The molecule has 2 aliphatic rings. The van der Waals surface area contributed by atoms with Crippen molar-refractivity contribution in [3.8, 4) is 11.5 Å². The second-order valence-electron chi connectivity index (χ2n) is 25.9. The van der Waals surface area contributed by atoms with Crippen molar-refractivity contribution in [2.75, 3.05) is 98.5 Å². The van der Waals surface area contributed by atoms with E-state index in [0.29, 0.717) is 83.0 Å². The number of fused-ring (bicyclic) bond motifs is 2. The smallest absolute Gasteiger partial charge is 0.278 e. The molecule has 0 radical (unpaired) electrons. The number of halogens is 1. The summed E-state index contributed by atoms with van der Waals surface area (Å²) in [6.07, 6.45) is 2.82. The molecule has 0 unspecified atom stereocenters. The van der Waals surface area contributed by atoms with Gasteiger partial charge < -0.3 is 29.9 Å². The molecule has 2 amide bonds. The fraction of sp³-hybridized carbons (Fsp3) is 0.308. The van der Waals surface area contributed by atoms with E-state index in [9.17, 15) is 43.3 Å². The summed E-state index contributed by atoms with van der Waals surface area (Å²) in [4.78, 5) is 52.0. The van der Waals surface area contributed by atoms with Crippen molar-refractivity contribution < 1.29 is 52.7 Å². The van der Waals surface area contributed by atoms with Crippen molar-refractivity contribution in [1.29, 1.82) is 0 Å². The zero-order valence-corrected chi connectivity index (χ0v) is 66.1. The zero-order valence-electron chi connectivity index (χ0n) is 62.1. The minimum Gasteiger partial charge on any atom is -0.493 e. The average molecular weight is 1550 g/mol. The SMILES string of the molecule is CCN(CCNS(C)(=O)=O)c1ccc(N=C(C(=O)Nc2cc(Cl)ccc2C)C2=Nc3ccccc3S(=O)(=O)N2CCCOc2ccc(C)cc2C)c(C)c1.CCN(CCNS(C)(=O)=O)c1ccc(N=C(C(=O)Nc2ccccc2C)C2=Nc3ccccc3S(=O)(=O)N2CCCOc2ccc(C)cc2C)c(C)c1. The van der Waals surface area contributed by atoms with Crippen molar-refractivity contribution in [3.05, 3.63) is 213 Å². The lowest BCUT2D eigenvalue weighted by Crippen LogP contribution is -2.47. The van der Waals surface area contributed by atoms with Gasteiger partial charge in [0.1, 0.15) is 21.3 Å². The highest BCUT2D eigenvalue weighted by Crippen LogP contribution is 2.37. The summed E-state index contributed by atoms with van der Waals surface area (Å²) in [5, 5.41) is 6.23. The lowest BCUT2D eigenvalue weighted by molar-refractivity contribution is -0.111. The molecule has 2 aliphatic heterocycles. The van der Waals surface area contributed by atoms with Gasteiger partial charge in [0.25, 0.3) is 31.9 Å². The van der Waals surface area contributed by atoms with E-state index in [2.05, 4.69) is 20.1 Å². The van der Waals surface area contributed by atoms with Gasteiger partial charge in [-0.1, -0.05) is 95.5 Å². The Hall–Kier alpha value is -9.81. The van der Waals surface area contributed by atoms with Gasteiger partial charge in [-0.15, -0.1) is 0 Å². The van der Waals surface area contributed by atoms with Crippen LogP contribution in [-0.4, -0.2) is 155 Å². The highest BCUT2D eigenvalue weighted by Gasteiger charge is 2.40. The van der Waals surface area contributed by atoms with Crippen LogP contribution >= 0.6 is 11.6 Å². The van der Waals surface area contributed by atoms with Gasteiger partial charge in [-0.25, -0.2) is 71.7 Å². The minimum absolute atomic E-state index is 0.0139. The predicted octanol–water partition coefficient (Wildman–Crippen LogP) is 13.1.